The molecule has 1 rings (SSSR count). The Morgan fingerprint density at radius 2 is 2.08 bits per heavy atom. The molecule has 0 saturated heterocycles. The fourth-order valence-corrected chi connectivity index (χ4v) is 1.64. The summed E-state index contributed by atoms with van der Waals surface area (Å²) in [5.41, 5.74) is 6.35. The van der Waals surface area contributed by atoms with Crippen molar-refractivity contribution in [2.45, 2.75) is 46.5 Å². The van der Waals surface area contributed by atoms with Crippen LogP contribution in [0.3, 0.4) is 0 Å². The third kappa shape index (κ3) is 3.02. The van der Waals surface area contributed by atoms with Gasteiger partial charge in [-0.2, -0.15) is 0 Å². The van der Waals surface area contributed by atoms with E-state index in [1.165, 1.54) is 25.7 Å². The Hall–Kier alpha value is -0.530. The normalized spacial score (nSPS) is 20.8. The van der Waals surface area contributed by atoms with E-state index in [4.69, 9.17) is 5.73 Å². The predicted molar refractivity (Wildman–Crippen MR) is 57.9 cm³/mol. The Bertz CT molecular complexity index is 190. The first-order valence-corrected chi connectivity index (χ1v) is 5.39. The zero-order chi connectivity index (χ0) is 9.90. The molecule has 0 bridgehead atoms. The van der Waals surface area contributed by atoms with Crippen LogP contribution in [0.15, 0.2) is 4.99 Å². The lowest BCUT2D eigenvalue weighted by Crippen LogP contribution is -2.20. The van der Waals surface area contributed by atoms with Gasteiger partial charge in [-0.15, -0.1) is 0 Å². The maximum atomic E-state index is 5.80. The van der Waals surface area contributed by atoms with E-state index >= 15 is 0 Å². The summed E-state index contributed by atoms with van der Waals surface area (Å²) in [6, 6.07) is 0. The Balaban J connectivity index is 2.37. The number of amidine groups is 1. The van der Waals surface area contributed by atoms with Gasteiger partial charge in [-0.3, -0.25) is 4.99 Å². The highest BCUT2D eigenvalue weighted by atomic mass is 14.9. The molecule has 0 amide bonds. The molecule has 1 aliphatic carbocycles. The molecule has 0 atom stereocenters. The van der Waals surface area contributed by atoms with Crippen molar-refractivity contribution in [3.63, 3.8) is 0 Å². The van der Waals surface area contributed by atoms with E-state index < -0.39 is 0 Å². The lowest BCUT2D eigenvalue weighted by Gasteiger charge is -2.11. The van der Waals surface area contributed by atoms with Crippen molar-refractivity contribution in [2.24, 2.45) is 22.1 Å². The third-order valence-corrected chi connectivity index (χ3v) is 2.93. The van der Waals surface area contributed by atoms with Crippen molar-refractivity contribution in [3.8, 4) is 0 Å². The lowest BCUT2D eigenvalue weighted by molar-refractivity contribution is 0.472. The number of nitrogens with zero attached hydrogens (tertiary/aromatic N) is 1. The molecule has 0 radical (unpaired) electrons. The minimum Gasteiger partial charge on any atom is -0.387 e. The van der Waals surface area contributed by atoms with Crippen LogP contribution in [0.2, 0.25) is 0 Å². The van der Waals surface area contributed by atoms with Crippen molar-refractivity contribution in [1.29, 1.82) is 0 Å². The van der Waals surface area contributed by atoms with Gasteiger partial charge in [0.05, 0.1) is 5.84 Å². The molecule has 0 aromatic rings. The summed E-state index contributed by atoms with van der Waals surface area (Å²) in [5, 5.41) is 0. The standard InChI is InChI=1S/C11H22N2/c1-4-5-11(6-7-11)8-13-10(12)9(2)3/h9H,4-8H2,1-3H3,(H2,12,13). The van der Waals surface area contributed by atoms with Gasteiger partial charge in [0.25, 0.3) is 0 Å². The van der Waals surface area contributed by atoms with Crippen LogP contribution in [0.5, 0.6) is 0 Å². The van der Waals surface area contributed by atoms with E-state index in [9.17, 15) is 0 Å². The van der Waals surface area contributed by atoms with E-state index in [1.807, 2.05) is 0 Å². The molecule has 2 nitrogen and oxygen atoms in total. The van der Waals surface area contributed by atoms with E-state index in [1.54, 1.807) is 0 Å². The summed E-state index contributed by atoms with van der Waals surface area (Å²) in [4.78, 5) is 4.47. The highest BCUT2D eigenvalue weighted by molar-refractivity contribution is 5.82. The van der Waals surface area contributed by atoms with Crippen molar-refractivity contribution in [2.75, 3.05) is 6.54 Å². The molecule has 76 valence electrons. The molecule has 1 saturated carbocycles. The quantitative estimate of drug-likeness (QED) is 0.515. The Morgan fingerprint density at radius 1 is 1.46 bits per heavy atom. The average molecular weight is 182 g/mol. The highest BCUT2D eigenvalue weighted by Gasteiger charge is 2.41. The summed E-state index contributed by atoms with van der Waals surface area (Å²) >= 11 is 0. The van der Waals surface area contributed by atoms with Crippen LogP contribution in [-0.4, -0.2) is 12.4 Å². The third-order valence-electron chi connectivity index (χ3n) is 2.93. The van der Waals surface area contributed by atoms with E-state index in [-0.39, 0.29) is 0 Å². The first-order chi connectivity index (χ1) is 6.09. The summed E-state index contributed by atoms with van der Waals surface area (Å²) < 4.78 is 0. The van der Waals surface area contributed by atoms with Gasteiger partial charge in [-0.1, -0.05) is 27.2 Å². The minimum absolute atomic E-state index is 0.400. The van der Waals surface area contributed by atoms with Crippen LogP contribution in [0.1, 0.15) is 46.5 Å². The van der Waals surface area contributed by atoms with Crippen molar-refractivity contribution in [3.05, 3.63) is 0 Å². The fourth-order valence-electron chi connectivity index (χ4n) is 1.64. The SMILES string of the molecule is CCCC1(CN=C(N)C(C)C)CC1. The van der Waals surface area contributed by atoms with Crippen LogP contribution < -0.4 is 5.73 Å². The fraction of sp³-hybridized carbons (Fsp3) is 0.909. The topological polar surface area (TPSA) is 38.4 Å². The van der Waals surface area contributed by atoms with Crippen LogP contribution in [-0.2, 0) is 0 Å². The maximum absolute atomic E-state index is 5.80. The first-order valence-electron chi connectivity index (χ1n) is 5.39. The molecule has 0 aromatic carbocycles. The maximum Gasteiger partial charge on any atom is 0.0963 e. The molecule has 13 heavy (non-hydrogen) atoms. The molecule has 0 aliphatic heterocycles. The number of hydrogen-bond donors (Lipinski definition) is 1. The molecule has 2 heteroatoms. The lowest BCUT2D eigenvalue weighted by atomic mass is 10.0. The molecular formula is C11H22N2. The Kier molecular flexibility index (Phi) is 3.34. The Morgan fingerprint density at radius 3 is 2.46 bits per heavy atom. The van der Waals surface area contributed by atoms with E-state index in [0.717, 1.165) is 12.4 Å². The van der Waals surface area contributed by atoms with Crippen LogP contribution >= 0.6 is 0 Å². The summed E-state index contributed by atoms with van der Waals surface area (Å²) in [7, 11) is 0. The summed E-state index contributed by atoms with van der Waals surface area (Å²) in [6.07, 6.45) is 5.31. The van der Waals surface area contributed by atoms with E-state index in [0.29, 0.717) is 11.3 Å². The molecule has 0 heterocycles. The van der Waals surface area contributed by atoms with Gasteiger partial charge in [-0.05, 0) is 24.7 Å². The van der Waals surface area contributed by atoms with Gasteiger partial charge >= 0.3 is 0 Å². The number of rotatable bonds is 5. The molecule has 0 spiro atoms. The molecular weight excluding hydrogens is 160 g/mol. The smallest absolute Gasteiger partial charge is 0.0963 e. The van der Waals surface area contributed by atoms with Crippen LogP contribution in [0, 0.1) is 11.3 Å². The minimum atomic E-state index is 0.400. The van der Waals surface area contributed by atoms with Gasteiger partial charge in [0.2, 0.25) is 0 Å². The molecule has 0 aromatic heterocycles. The zero-order valence-electron chi connectivity index (χ0n) is 9.14. The van der Waals surface area contributed by atoms with Gasteiger partial charge < -0.3 is 5.73 Å². The number of nitrogens with two attached hydrogens (primary N) is 1. The first kappa shape index (κ1) is 10.6. The van der Waals surface area contributed by atoms with Crippen LogP contribution in [0.4, 0.5) is 0 Å². The predicted octanol–water partition coefficient (Wildman–Crippen LogP) is 2.58. The zero-order valence-corrected chi connectivity index (χ0v) is 9.14. The monoisotopic (exact) mass is 182 g/mol. The second kappa shape index (κ2) is 4.12. The summed E-state index contributed by atoms with van der Waals surface area (Å²) in [5.74, 6) is 1.22. The molecule has 1 fully saturated rings. The van der Waals surface area contributed by atoms with Gasteiger partial charge in [0, 0.05) is 12.5 Å². The summed E-state index contributed by atoms with van der Waals surface area (Å²) in [6.45, 7) is 7.40. The number of hydrogen-bond acceptors (Lipinski definition) is 1. The van der Waals surface area contributed by atoms with Crippen molar-refractivity contribution in [1.82, 2.24) is 0 Å². The highest BCUT2D eigenvalue weighted by Crippen LogP contribution is 2.49. The van der Waals surface area contributed by atoms with Crippen LogP contribution in [0.25, 0.3) is 0 Å². The molecule has 0 unspecified atom stereocenters. The Labute approximate surface area is 81.6 Å². The molecule has 1 aliphatic rings. The van der Waals surface area contributed by atoms with Gasteiger partial charge in [0.1, 0.15) is 0 Å². The van der Waals surface area contributed by atoms with Gasteiger partial charge in [0.15, 0.2) is 0 Å². The van der Waals surface area contributed by atoms with Gasteiger partial charge in [-0.25, -0.2) is 0 Å². The second-order valence-corrected chi connectivity index (χ2v) is 4.65. The average Bonchev–Trinajstić information content (AvgIpc) is 2.82. The molecule has 2 N–H and O–H groups in total. The second-order valence-electron chi connectivity index (χ2n) is 4.65. The number of aliphatic imine (C=N–C) groups is 1. The largest absolute Gasteiger partial charge is 0.387 e. The van der Waals surface area contributed by atoms with E-state index in [2.05, 4.69) is 25.8 Å². The van der Waals surface area contributed by atoms with Crippen molar-refractivity contribution < 1.29 is 0 Å². The van der Waals surface area contributed by atoms with Crippen molar-refractivity contribution >= 4 is 5.84 Å².